The first-order valence-corrected chi connectivity index (χ1v) is 5.90. The van der Waals surface area contributed by atoms with Crippen molar-refractivity contribution in [1.29, 1.82) is 5.26 Å². The molecule has 0 heterocycles. The summed E-state index contributed by atoms with van der Waals surface area (Å²) in [7, 11) is 0. The lowest BCUT2D eigenvalue weighted by Crippen LogP contribution is -2.45. The monoisotopic (exact) mass is 222 g/mol. The van der Waals surface area contributed by atoms with E-state index in [1.54, 1.807) is 0 Å². The quantitative estimate of drug-likeness (QED) is 0.780. The summed E-state index contributed by atoms with van der Waals surface area (Å²) >= 11 is 0. The van der Waals surface area contributed by atoms with E-state index >= 15 is 0 Å². The highest BCUT2D eigenvalue weighted by molar-refractivity contribution is 5.78. The van der Waals surface area contributed by atoms with Gasteiger partial charge in [-0.15, -0.1) is 0 Å². The maximum Gasteiger partial charge on any atom is 0.234 e. The van der Waals surface area contributed by atoms with Crippen molar-refractivity contribution in [2.24, 2.45) is 10.8 Å². The van der Waals surface area contributed by atoms with Gasteiger partial charge < -0.3 is 5.32 Å². The maximum absolute atomic E-state index is 11.4. The van der Waals surface area contributed by atoms with Gasteiger partial charge in [0.15, 0.2) is 0 Å². The molecule has 0 unspecified atom stereocenters. The molecule has 0 aliphatic heterocycles. The Bertz CT molecular complexity index is 296. The zero-order valence-corrected chi connectivity index (χ0v) is 10.8. The van der Waals surface area contributed by atoms with E-state index in [4.69, 9.17) is 5.26 Å². The molecule has 16 heavy (non-hydrogen) atoms. The van der Waals surface area contributed by atoms with E-state index in [1.165, 1.54) is 6.42 Å². The molecule has 1 N–H and O–H groups in total. The fourth-order valence-corrected chi connectivity index (χ4v) is 3.30. The Morgan fingerprint density at radius 3 is 2.25 bits per heavy atom. The van der Waals surface area contributed by atoms with Crippen LogP contribution in [0.15, 0.2) is 0 Å². The third-order valence-electron chi connectivity index (χ3n) is 3.16. The van der Waals surface area contributed by atoms with Crippen LogP contribution < -0.4 is 5.32 Å². The van der Waals surface area contributed by atoms with Gasteiger partial charge >= 0.3 is 0 Å². The van der Waals surface area contributed by atoms with Crippen molar-refractivity contribution < 1.29 is 4.79 Å². The van der Waals surface area contributed by atoms with E-state index in [1.807, 2.05) is 6.07 Å². The van der Waals surface area contributed by atoms with Crippen LogP contribution in [0.3, 0.4) is 0 Å². The highest BCUT2D eigenvalue weighted by atomic mass is 16.1. The van der Waals surface area contributed by atoms with Gasteiger partial charge in [0.05, 0.1) is 6.07 Å². The maximum atomic E-state index is 11.4. The largest absolute Gasteiger partial charge is 0.352 e. The molecule has 0 bridgehead atoms. The van der Waals surface area contributed by atoms with Crippen molar-refractivity contribution in [1.82, 2.24) is 5.32 Å². The second-order valence-electron chi connectivity index (χ2n) is 6.51. The van der Waals surface area contributed by atoms with E-state index < -0.39 is 0 Å². The molecule has 0 aromatic carbocycles. The molecule has 0 aromatic rings. The summed E-state index contributed by atoms with van der Waals surface area (Å²) in [6, 6.07) is 2.11. The zero-order chi connectivity index (χ0) is 12.4. The summed E-state index contributed by atoms with van der Waals surface area (Å²) in [6.07, 6.45) is 3.17. The van der Waals surface area contributed by atoms with Crippen molar-refractivity contribution in [3.05, 3.63) is 0 Å². The standard InChI is InChI=1S/C13H22N2O/c1-12(2)7-10(8-13(3,4)9-12)15-11(16)5-6-14/h10H,5,7-9H2,1-4H3,(H,15,16). The van der Waals surface area contributed by atoms with Gasteiger partial charge in [0.25, 0.3) is 0 Å². The predicted molar refractivity (Wildman–Crippen MR) is 63.6 cm³/mol. The number of carbonyl (C=O) groups is 1. The normalized spacial score (nSPS) is 23.4. The van der Waals surface area contributed by atoms with Crippen LogP contribution in [0, 0.1) is 22.2 Å². The number of carbonyl (C=O) groups excluding carboxylic acids is 1. The summed E-state index contributed by atoms with van der Waals surface area (Å²) < 4.78 is 0. The van der Waals surface area contributed by atoms with E-state index in [2.05, 4.69) is 33.0 Å². The lowest BCUT2D eigenvalue weighted by atomic mass is 9.63. The van der Waals surface area contributed by atoms with Crippen LogP contribution in [0.2, 0.25) is 0 Å². The Labute approximate surface area is 98.2 Å². The van der Waals surface area contributed by atoms with Crippen molar-refractivity contribution in [3.8, 4) is 6.07 Å². The van der Waals surface area contributed by atoms with Gasteiger partial charge in [-0.1, -0.05) is 27.7 Å². The van der Waals surface area contributed by atoms with Gasteiger partial charge in [-0.05, 0) is 30.1 Å². The van der Waals surface area contributed by atoms with Crippen LogP contribution >= 0.6 is 0 Å². The molecule has 0 radical (unpaired) electrons. The summed E-state index contributed by atoms with van der Waals surface area (Å²) in [4.78, 5) is 11.4. The Hall–Kier alpha value is -1.04. The van der Waals surface area contributed by atoms with E-state index in [9.17, 15) is 4.79 Å². The molecule has 90 valence electrons. The number of rotatable bonds is 2. The lowest BCUT2D eigenvalue weighted by Gasteiger charge is -2.45. The Balaban J connectivity index is 2.61. The molecular formula is C13H22N2O. The van der Waals surface area contributed by atoms with Crippen molar-refractivity contribution in [2.45, 2.75) is 59.4 Å². The minimum absolute atomic E-state index is 0.0304. The molecule has 0 aromatic heterocycles. The van der Waals surface area contributed by atoms with Gasteiger partial charge in [-0.3, -0.25) is 4.79 Å². The number of hydrogen-bond donors (Lipinski definition) is 1. The van der Waals surface area contributed by atoms with Crippen molar-refractivity contribution in [2.75, 3.05) is 0 Å². The molecular weight excluding hydrogens is 200 g/mol. The van der Waals surface area contributed by atoms with Crippen LogP contribution in [0.5, 0.6) is 0 Å². The Morgan fingerprint density at radius 2 is 1.81 bits per heavy atom. The molecule has 1 fully saturated rings. The average molecular weight is 222 g/mol. The van der Waals surface area contributed by atoms with Crippen LogP contribution in [0.1, 0.15) is 53.4 Å². The smallest absolute Gasteiger partial charge is 0.234 e. The van der Waals surface area contributed by atoms with E-state index in [0.717, 1.165) is 12.8 Å². The van der Waals surface area contributed by atoms with Gasteiger partial charge in [0.2, 0.25) is 5.91 Å². The molecule has 0 saturated heterocycles. The summed E-state index contributed by atoms with van der Waals surface area (Å²) in [5.41, 5.74) is 0.540. The van der Waals surface area contributed by atoms with Gasteiger partial charge in [0.1, 0.15) is 6.42 Å². The number of hydrogen-bond acceptors (Lipinski definition) is 2. The highest BCUT2D eigenvalue weighted by Gasteiger charge is 2.38. The van der Waals surface area contributed by atoms with Crippen LogP contribution in [0.4, 0.5) is 0 Å². The van der Waals surface area contributed by atoms with Gasteiger partial charge in [0, 0.05) is 6.04 Å². The second kappa shape index (κ2) is 4.45. The van der Waals surface area contributed by atoms with Crippen LogP contribution in [-0.2, 0) is 4.79 Å². The number of amides is 1. The predicted octanol–water partition coefficient (Wildman–Crippen LogP) is 2.62. The van der Waals surface area contributed by atoms with Gasteiger partial charge in [-0.2, -0.15) is 5.26 Å². The molecule has 0 spiro atoms. The van der Waals surface area contributed by atoms with Crippen molar-refractivity contribution >= 4 is 5.91 Å². The summed E-state index contributed by atoms with van der Waals surface area (Å²) in [5.74, 6) is -0.138. The first-order valence-electron chi connectivity index (χ1n) is 5.90. The number of nitrogens with zero attached hydrogens (tertiary/aromatic N) is 1. The van der Waals surface area contributed by atoms with Crippen LogP contribution in [0.25, 0.3) is 0 Å². The number of nitriles is 1. The first kappa shape index (κ1) is 13.0. The highest BCUT2D eigenvalue weighted by Crippen LogP contribution is 2.45. The minimum atomic E-state index is -0.138. The van der Waals surface area contributed by atoms with Crippen LogP contribution in [-0.4, -0.2) is 11.9 Å². The van der Waals surface area contributed by atoms with E-state index in [-0.39, 0.29) is 29.2 Å². The Kier molecular flexibility index (Phi) is 3.62. The Morgan fingerprint density at radius 1 is 1.31 bits per heavy atom. The first-order chi connectivity index (χ1) is 7.24. The molecule has 1 aliphatic rings. The lowest BCUT2D eigenvalue weighted by molar-refractivity contribution is -0.121. The zero-order valence-electron chi connectivity index (χ0n) is 10.8. The third kappa shape index (κ3) is 3.84. The van der Waals surface area contributed by atoms with Gasteiger partial charge in [-0.25, -0.2) is 0 Å². The van der Waals surface area contributed by atoms with Crippen molar-refractivity contribution in [3.63, 3.8) is 0 Å². The molecule has 1 amide bonds. The molecule has 1 aliphatic carbocycles. The van der Waals surface area contributed by atoms with E-state index in [0.29, 0.717) is 0 Å². The topological polar surface area (TPSA) is 52.9 Å². The molecule has 3 nitrogen and oxygen atoms in total. The summed E-state index contributed by atoms with van der Waals surface area (Å²) in [5, 5.41) is 11.4. The molecule has 1 saturated carbocycles. The minimum Gasteiger partial charge on any atom is -0.352 e. The number of nitrogens with one attached hydrogen (secondary N) is 1. The third-order valence-corrected chi connectivity index (χ3v) is 3.16. The molecule has 0 atom stereocenters. The molecule has 3 heteroatoms. The SMILES string of the molecule is CC1(C)CC(NC(=O)CC#N)CC(C)(C)C1. The second-order valence-corrected chi connectivity index (χ2v) is 6.51. The summed E-state index contributed by atoms with van der Waals surface area (Å²) in [6.45, 7) is 8.99. The molecule has 1 rings (SSSR count). The fourth-order valence-electron chi connectivity index (χ4n) is 3.30. The fraction of sp³-hybridized carbons (Fsp3) is 0.846. The average Bonchev–Trinajstić information content (AvgIpc) is 1.96.